The average molecular weight is 335 g/mol. The van der Waals surface area contributed by atoms with Gasteiger partial charge >= 0.3 is 6.03 Å². The third-order valence-corrected chi connectivity index (χ3v) is 5.90. The third kappa shape index (κ3) is 3.57. The first-order valence-electron chi connectivity index (χ1n) is 9.44. The molecule has 6 heteroatoms. The normalized spacial score (nSPS) is 31.9. The molecule has 3 rings (SSSR count). The molecule has 2 saturated carbocycles. The Bertz CT molecular complexity index is 504. The number of hydrogen-bond donors (Lipinski definition) is 2. The van der Waals surface area contributed by atoms with Gasteiger partial charge in [0.05, 0.1) is 0 Å². The first-order valence-corrected chi connectivity index (χ1v) is 9.44. The Kier molecular flexibility index (Phi) is 5.11. The van der Waals surface area contributed by atoms with Crippen molar-refractivity contribution in [2.45, 2.75) is 82.7 Å². The van der Waals surface area contributed by atoms with E-state index in [1.165, 1.54) is 12.8 Å². The molecular formula is C18H29N3O3. The molecule has 24 heavy (non-hydrogen) atoms. The van der Waals surface area contributed by atoms with Crippen molar-refractivity contribution in [3.05, 3.63) is 0 Å². The molecule has 0 unspecified atom stereocenters. The number of carbonyl (C=O) groups excluding carboxylic acids is 3. The Balaban J connectivity index is 1.57. The SMILES string of the molecule is CC1CCC2(CC1)NC(=O)N(CC(=O)NC1CCCCCC1)C2=O. The Morgan fingerprint density at radius 2 is 1.75 bits per heavy atom. The number of carbonyl (C=O) groups is 3. The van der Waals surface area contributed by atoms with E-state index in [2.05, 4.69) is 17.6 Å². The van der Waals surface area contributed by atoms with E-state index >= 15 is 0 Å². The van der Waals surface area contributed by atoms with Gasteiger partial charge in [-0.3, -0.25) is 14.5 Å². The number of nitrogens with one attached hydrogen (secondary N) is 2. The highest BCUT2D eigenvalue weighted by Gasteiger charge is 2.52. The van der Waals surface area contributed by atoms with E-state index in [-0.39, 0.29) is 24.4 Å². The van der Waals surface area contributed by atoms with Crippen LogP contribution in [0.2, 0.25) is 0 Å². The zero-order valence-electron chi connectivity index (χ0n) is 14.6. The average Bonchev–Trinajstić information content (AvgIpc) is 2.75. The zero-order valence-corrected chi connectivity index (χ0v) is 14.6. The molecule has 6 nitrogen and oxygen atoms in total. The standard InChI is InChI=1S/C18H29N3O3/c1-13-8-10-18(11-9-13)16(23)21(17(24)20-18)12-15(22)19-14-6-4-2-3-5-7-14/h13-14H,2-12H2,1H3,(H,19,22)(H,20,24). The maximum Gasteiger partial charge on any atom is 0.325 e. The van der Waals surface area contributed by atoms with E-state index in [9.17, 15) is 14.4 Å². The Morgan fingerprint density at radius 3 is 2.38 bits per heavy atom. The summed E-state index contributed by atoms with van der Waals surface area (Å²) in [4.78, 5) is 38.4. The second kappa shape index (κ2) is 7.11. The van der Waals surface area contributed by atoms with Crippen LogP contribution in [0, 0.1) is 5.92 Å². The van der Waals surface area contributed by atoms with Crippen LogP contribution in [0.4, 0.5) is 4.79 Å². The highest BCUT2D eigenvalue weighted by molar-refractivity contribution is 6.09. The van der Waals surface area contributed by atoms with Gasteiger partial charge in [-0.1, -0.05) is 32.6 Å². The summed E-state index contributed by atoms with van der Waals surface area (Å²) in [6.45, 7) is 2.02. The lowest BCUT2D eigenvalue weighted by Crippen LogP contribution is -2.50. The predicted molar refractivity (Wildman–Crippen MR) is 90.2 cm³/mol. The number of urea groups is 1. The van der Waals surface area contributed by atoms with E-state index in [1.54, 1.807) is 0 Å². The second-order valence-corrected chi connectivity index (χ2v) is 7.84. The predicted octanol–water partition coefficient (Wildman–Crippen LogP) is 2.33. The van der Waals surface area contributed by atoms with Gasteiger partial charge in [0.1, 0.15) is 12.1 Å². The summed E-state index contributed by atoms with van der Waals surface area (Å²) in [5, 5.41) is 5.88. The fourth-order valence-corrected chi connectivity index (χ4v) is 4.25. The molecule has 2 N–H and O–H groups in total. The fraction of sp³-hybridized carbons (Fsp3) is 0.833. The summed E-state index contributed by atoms with van der Waals surface area (Å²) in [5.41, 5.74) is -0.758. The van der Waals surface area contributed by atoms with Gasteiger partial charge in [0.2, 0.25) is 5.91 Å². The number of nitrogens with zero attached hydrogens (tertiary/aromatic N) is 1. The summed E-state index contributed by atoms with van der Waals surface area (Å²) in [6.07, 6.45) is 9.94. The van der Waals surface area contributed by atoms with Crippen LogP contribution in [-0.2, 0) is 9.59 Å². The van der Waals surface area contributed by atoms with Crippen molar-refractivity contribution in [2.24, 2.45) is 5.92 Å². The van der Waals surface area contributed by atoms with Crippen molar-refractivity contribution >= 4 is 17.8 Å². The lowest BCUT2D eigenvalue weighted by molar-refractivity contribution is -0.136. The minimum Gasteiger partial charge on any atom is -0.352 e. The zero-order chi connectivity index (χ0) is 17.2. The summed E-state index contributed by atoms with van der Waals surface area (Å²) in [6, 6.07) is -0.226. The number of rotatable bonds is 3. The van der Waals surface area contributed by atoms with E-state index in [4.69, 9.17) is 0 Å². The van der Waals surface area contributed by atoms with Gasteiger partial charge < -0.3 is 10.6 Å². The number of hydrogen-bond acceptors (Lipinski definition) is 3. The minimum atomic E-state index is -0.758. The minimum absolute atomic E-state index is 0.154. The lowest BCUT2D eigenvalue weighted by Gasteiger charge is -2.33. The molecule has 4 amide bonds. The maximum absolute atomic E-state index is 12.7. The van der Waals surface area contributed by atoms with Gasteiger partial charge in [-0.05, 0) is 44.4 Å². The largest absolute Gasteiger partial charge is 0.352 e. The van der Waals surface area contributed by atoms with Gasteiger partial charge in [0, 0.05) is 6.04 Å². The molecule has 0 aromatic carbocycles. The maximum atomic E-state index is 12.7. The molecule has 134 valence electrons. The fourth-order valence-electron chi connectivity index (χ4n) is 4.25. The van der Waals surface area contributed by atoms with Gasteiger partial charge in [0.25, 0.3) is 5.91 Å². The molecule has 1 heterocycles. The number of amides is 4. The summed E-state index contributed by atoms with van der Waals surface area (Å²) in [5.74, 6) is 0.162. The van der Waals surface area contributed by atoms with Crippen molar-refractivity contribution < 1.29 is 14.4 Å². The Morgan fingerprint density at radius 1 is 1.12 bits per heavy atom. The molecule has 0 radical (unpaired) electrons. The van der Waals surface area contributed by atoms with Crippen LogP contribution < -0.4 is 10.6 Å². The summed E-state index contributed by atoms with van der Waals surface area (Å²) >= 11 is 0. The van der Waals surface area contributed by atoms with Crippen LogP contribution in [0.3, 0.4) is 0 Å². The van der Waals surface area contributed by atoms with Crippen LogP contribution in [0.5, 0.6) is 0 Å². The van der Waals surface area contributed by atoms with Crippen LogP contribution in [-0.4, -0.2) is 40.9 Å². The molecule has 3 aliphatic rings. The molecule has 0 atom stereocenters. The van der Waals surface area contributed by atoms with Crippen molar-refractivity contribution in [3.8, 4) is 0 Å². The van der Waals surface area contributed by atoms with Crippen LogP contribution in [0.1, 0.15) is 71.1 Å². The van der Waals surface area contributed by atoms with Gasteiger partial charge in [-0.25, -0.2) is 4.79 Å². The molecular weight excluding hydrogens is 306 g/mol. The van der Waals surface area contributed by atoms with Gasteiger partial charge in [0.15, 0.2) is 0 Å². The molecule has 1 spiro atoms. The summed E-state index contributed by atoms with van der Waals surface area (Å²) in [7, 11) is 0. The quantitative estimate of drug-likeness (QED) is 0.614. The first kappa shape index (κ1) is 17.2. The van der Waals surface area contributed by atoms with Crippen LogP contribution >= 0.6 is 0 Å². The smallest absolute Gasteiger partial charge is 0.325 e. The van der Waals surface area contributed by atoms with E-state index in [1.807, 2.05) is 0 Å². The Labute approximate surface area is 143 Å². The van der Waals surface area contributed by atoms with Crippen molar-refractivity contribution in [3.63, 3.8) is 0 Å². The highest BCUT2D eigenvalue weighted by Crippen LogP contribution is 2.36. The van der Waals surface area contributed by atoms with Crippen LogP contribution in [0.25, 0.3) is 0 Å². The third-order valence-electron chi connectivity index (χ3n) is 5.90. The molecule has 0 bridgehead atoms. The van der Waals surface area contributed by atoms with Gasteiger partial charge in [-0.2, -0.15) is 0 Å². The van der Waals surface area contributed by atoms with E-state index in [0.29, 0.717) is 18.8 Å². The number of imide groups is 1. The Hall–Kier alpha value is -1.59. The highest BCUT2D eigenvalue weighted by atomic mass is 16.2. The molecule has 0 aromatic heterocycles. The van der Waals surface area contributed by atoms with Crippen LogP contribution in [0.15, 0.2) is 0 Å². The van der Waals surface area contributed by atoms with E-state index in [0.717, 1.165) is 43.4 Å². The lowest BCUT2D eigenvalue weighted by atomic mass is 9.77. The molecule has 2 aliphatic carbocycles. The molecule has 3 fully saturated rings. The first-order chi connectivity index (χ1) is 11.5. The second-order valence-electron chi connectivity index (χ2n) is 7.84. The summed E-state index contributed by atoms with van der Waals surface area (Å²) < 4.78 is 0. The molecule has 1 aliphatic heterocycles. The molecule has 0 aromatic rings. The van der Waals surface area contributed by atoms with Crippen molar-refractivity contribution in [2.75, 3.05) is 6.54 Å². The monoisotopic (exact) mass is 335 g/mol. The topological polar surface area (TPSA) is 78.5 Å². The van der Waals surface area contributed by atoms with E-state index < -0.39 is 11.6 Å². The van der Waals surface area contributed by atoms with Crippen molar-refractivity contribution in [1.29, 1.82) is 0 Å². The van der Waals surface area contributed by atoms with Gasteiger partial charge in [-0.15, -0.1) is 0 Å². The van der Waals surface area contributed by atoms with Crippen molar-refractivity contribution in [1.82, 2.24) is 15.5 Å². The molecule has 1 saturated heterocycles.